The summed E-state index contributed by atoms with van der Waals surface area (Å²) >= 11 is 0. The second-order valence-corrected chi connectivity index (χ2v) is 4.36. The molecule has 90 valence electrons. The topological polar surface area (TPSA) is 54.6 Å². The summed E-state index contributed by atoms with van der Waals surface area (Å²) in [5.41, 5.74) is 0.548. The van der Waals surface area contributed by atoms with Crippen LogP contribution < -0.4 is 0 Å². The summed E-state index contributed by atoms with van der Waals surface area (Å²) in [5, 5.41) is 9.17. The molecular weight excluding hydrogens is 223 g/mol. The highest BCUT2D eigenvalue weighted by atomic mass is 19.1. The molecular formula is C12H13FN2O2. The molecule has 0 aliphatic heterocycles. The molecule has 1 N–H and O–H groups in total. The number of pyridine rings is 1. The lowest BCUT2D eigenvalue weighted by Gasteiger charge is -2.02. The van der Waals surface area contributed by atoms with Crippen LogP contribution in [0.25, 0.3) is 5.65 Å². The van der Waals surface area contributed by atoms with Gasteiger partial charge in [0.1, 0.15) is 0 Å². The first-order valence-electron chi connectivity index (χ1n) is 5.39. The first-order chi connectivity index (χ1) is 8.00. The summed E-state index contributed by atoms with van der Waals surface area (Å²) in [6.07, 6.45) is 2.03. The summed E-state index contributed by atoms with van der Waals surface area (Å²) in [4.78, 5) is 15.3. The lowest BCUT2D eigenvalue weighted by Crippen LogP contribution is -2.07. The number of rotatable bonds is 3. The Hall–Kier alpha value is -1.91. The fourth-order valence-corrected chi connectivity index (χ4v) is 1.84. The number of carboxylic acid groups (broad SMARTS) is 1. The molecule has 0 aromatic carbocycles. The highest BCUT2D eigenvalue weighted by molar-refractivity contribution is 5.88. The molecule has 4 nitrogen and oxygen atoms in total. The zero-order chi connectivity index (χ0) is 12.6. The average Bonchev–Trinajstić information content (AvgIpc) is 2.56. The third-order valence-corrected chi connectivity index (χ3v) is 2.48. The third kappa shape index (κ3) is 2.00. The van der Waals surface area contributed by atoms with Crippen molar-refractivity contribution in [3.63, 3.8) is 0 Å². The number of halogens is 1. The number of fused-ring (bicyclic) bond motifs is 1. The van der Waals surface area contributed by atoms with Crippen LogP contribution in [-0.4, -0.2) is 20.5 Å². The van der Waals surface area contributed by atoms with Crippen LogP contribution in [0.4, 0.5) is 4.39 Å². The van der Waals surface area contributed by atoms with Crippen LogP contribution in [0, 0.1) is 11.7 Å². The van der Waals surface area contributed by atoms with Gasteiger partial charge in [0.05, 0.1) is 5.69 Å². The molecule has 0 aliphatic rings. The van der Waals surface area contributed by atoms with E-state index in [9.17, 15) is 14.3 Å². The number of imidazole rings is 1. The zero-order valence-corrected chi connectivity index (χ0v) is 9.64. The Morgan fingerprint density at radius 3 is 2.88 bits per heavy atom. The van der Waals surface area contributed by atoms with Crippen molar-refractivity contribution in [2.45, 2.75) is 20.3 Å². The molecule has 2 aromatic heterocycles. The average molecular weight is 236 g/mol. The van der Waals surface area contributed by atoms with Gasteiger partial charge in [-0.2, -0.15) is 0 Å². The van der Waals surface area contributed by atoms with Gasteiger partial charge < -0.3 is 5.11 Å². The Morgan fingerprint density at radius 1 is 1.59 bits per heavy atom. The van der Waals surface area contributed by atoms with Gasteiger partial charge in [-0.05, 0) is 24.5 Å². The minimum atomic E-state index is -1.08. The van der Waals surface area contributed by atoms with E-state index in [-0.39, 0.29) is 17.3 Å². The predicted molar refractivity (Wildman–Crippen MR) is 60.7 cm³/mol. The summed E-state index contributed by atoms with van der Waals surface area (Å²) in [5.74, 6) is -1.33. The van der Waals surface area contributed by atoms with Gasteiger partial charge in [-0.1, -0.05) is 13.8 Å². The van der Waals surface area contributed by atoms with E-state index in [1.54, 1.807) is 0 Å². The van der Waals surface area contributed by atoms with E-state index in [0.717, 1.165) is 0 Å². The minimum absolute atomic E-state index is 0.0493. The lowest BCUT2D eigenvalue weighted by molar-refractivity contribution is 0.0688. The fraction of sp³-hybridized carbons (Fsp3) is 0.333. The molecule has 0 amide bonds. The van der Waals surface area contributed by atoms with Crippen LogP contribution in [-0.2, 0) is 6.42 Å². The summed E-state index contributed by atoms with van der Waals surface area (Å²) in [6, 6.07) is 2.74. The number of aromatic carboxylic acids is 1. The number of hydrogen-bond acceptors (Lipinski definition) is 2. The number of aromatic nitrogens is 2. The summed E-state index contributed by atoms with van der Waals surface area (Å²) < 4.78 is 14.8. The maximum Gasteiger partial charge on any atom is 0.354 e. The number of carbonyl (C=O) groups is 1. The molecule has 0 fully saturated rings. The molecule has 0 bridgehead atoms. The Morgan fingerprint density at radius 2 is 2.29 bits per heavy atom. The Kier molecular flexibility index (Phi) is 2.83. The minimum Gasteiger partial charge on any atom is -0.477 e. The van der Waals surface area contributed by atoms with Gasteiger partial charge in [0.15, 0.2) is 17.2 Å². The van der Waals surface area contributed by atoms with Gasteiger partial charge in [0, 0.05) is 6.20 Å². The molecule has 0 spiro atoms. The quantitative estimate of drug-likeness (QED) is 0.890. The van der Waals surface area contributed by atoms with Gasteiger partial charge >= 0.3 is 5.97 Å². The Balaban J connectivity index is 2.70. The summed E-state index contributed by atoms with van der Waals surface area (Å²) in [6.45, 7) is 3.93. The molecule has 2 heterocycles. The molecule has 0 saturated carbocycles. The van der Waals surface area contributed by atoms with Crippen LogP contribution in [0.3, 0.4) is 0 Å². The number of hydrogen-bond donors (Lipinski definition) is 1. The van der Waals surface area contributed by atoms with E-state index in [0.29, 0.717) is 12.1 Å². The maximum atomic E-state index is 13.5. The van der Waals surface area contributed by atoms with Crippen molar-refractivity contribution < 1.29 is 14.3 Å². The van der Waals surface area contributed by atoms with Crippen molar-refractivity contribution in [1.29, 1.82) is 0 Å². The standard InChI is InChI=1S/C12H13FN2O2/c1-7(2)6-9-10(12(16)17)15-5-3-4-8(13)11(15)14-9/h3-5,7H,6H2,1-2H3,(H,16,17). The smallest absolute Gasteiger partial charge is 0.354 e. The van der Waals surface area contributed by atoms with Gasteiger partial charge in [0.2, 0.25) is 0 Å². The SMILES string of the molecule is CC(C)Cc1nc2c(F)cccn2c1C(=O)O. The second kappa shape index (κ2) is 4.16. The van der Waals surface area contributed by atoms with Crippen LogP contribution in [0.1, 0.15) is 30.0 Å². The second-order valence-electron chi connectivity index (χ2n) is 4.36. The van der Waals surface area contributed by atoms with Crippen molar-refractivity contribution in [2.24, 2.45) is 5.92 Å². The molecule has 0 saturated heterocycles. The first kappa shape index (κ1) is 11.6. The van der Waals surface area contributed by atoms with E-state index in [1.807, 2.05) is 13.8 Å². The van der Waals surface area contributed by atoms with E-state index in [4.69, 9.17) is 0 Å². The molecule has 0 aliphatic carbocycles. The summed E-state index contributed by atoms with van der Waals surface area (Å²) in [7, 11) is 0. The molecule has 17 heavy (non-hydrogen) atoms. The molecule has 2 rings (SSSR count). The van der Waals surface area contributed by atoms with E-state index >= 15 is 0 Å². The van der Waals surface area contributed by atoms with E-state index < -0.39 is 11.8 Å². The van der Waals surface area contributed by atoms with Crippen molar-refractivity contribution in [3.05, 3.63) is 35.5 Å². The van der Waals surface area contributed by atoms with Gasteiger partial charge in [-0.25, -0.2) is 14.2 Å². The lowest BCUT2D eigenvalue weighted by atomic mass is 10.1. The highest BCUT2D eigenvalue weighted by Gasteiger charge is 2.20. The van der Waals surface area contributed by atoms with Crippen LogP contribution >= 0.6 is 0 Å². The van der Waals surface area contributed by atoms with Gasteiger partial charge in [-0.15, -0.1) is 0 Å². The Bertz CT molecular complexity index is 575. The van der Waals surface area contributed by atoms with Gasteiger partial charge in [0.25, 0.3) is 0 Å². The third-order valence-electron chi connectivity index (χ3n) is 2.48. The molecule has 0 unspecified atom stereocenters. The molecule has 0 radical (unpaired) electrons. The highest BCUT2D eigenvalue weighted by Crippen LogP contribution is 2.18. The van der Waals surface area contributed by atoms with Crippen LogP contribution in [0.15, 0.2) is 18.3 Å². The number of carboxylic acids is 1. The van der Waals surface area contributed by atoms with Crippen molar-refractivity contribution >= 4 is 11.6 Å². The number of nitrogens with zero attached hydrogens (tertiary/aromatic N) is 2. The van der Waals surface area contributed by atoms with Crippen molar-refractivity contribution in [1.82, 2.24) is 9.38 Å². The van der Waals surface area contributed by atoms with Gasteiger partial charge in [-0.3, -0.25) is 4.40 Å². The van der Waals surface area contributed by atoms with Crippen molar-refractivity contribution in [2.75, 3.05) is 0 Å². The maximum absolute atomic E-state index is 13.5. The van der Waals surface area contributed by atoms with E-state index in [2.05, 4.69) is 4.98 Å². The largest absolute Gasteiger partial charge is 0.477 e. The van der Waals surface area contributed by atoms with Crippen molar-refractivity contribution in [3.8, 4) is 0 Å². The van der Waals surface area contributed by atoms with Crippen LogP contribution in [0.5, 0.6) is 0 Å². The Labute approximate surface area is 97.7 Å². The van der Waals surface area contributed by atoms with Crippen LogP contribution in [0.2, 0.25) is 0 Å². The fourth-order valence-electron chi connectivity index (χ4n) is 1.84. The normalized spacial score (nSPS) is 11.3. The molecule has 2 aromatic rings. The molecule has 0 atom stereocenters. The first-order valence-corrected chi connectivity index (χ1v) is 5.39. The molecule has 5 heteroatoms. The zero-order valence-electron chi connectivity index (χ0n) is 9.64. The monoisotopic (exact) mass is 236 g/mol. The van der Waals surface area contributed by atoms with E-state index in [1.165, 1.54) is 22.7 Å². The predicted octanol–water partition coefficient (Wildman–Crippen LogP) is 2.37.